The summed E-state index contributed by atoms with van der Waals surface area (Å²) < 4.78 is 11.2. The van der Waals surface area contributed by atoms with Gasteiger partial charge in [-0.15, -0.1) is 0 Å². The summed E-state index contributed by atoms with van der Waals surface area (Å²) in [4.78, 5) is 24.1. The van der Waals surface area contributed by atoms with E-state index in [2.05, 4.69) is 34.6 Å². The van der Waals surface area contributed by atoms with Crippen LogP contribution in [-0.4, -0.2) is 24.1 Å². The second kappa shape index (κ2) is 10.2. The molecule has 1 fully saturated rings. The number of carbonyl (C=O) groups is 2. The minimum absolute atomic E-state index is 0.0265. The predicted octanol–water partition coefficient (Wildman–Crippen LogP) is 5.28. The molecule has 0 amide bonds. The first-order valence-corrected chi connectivity index (χ1v) is 10.0. The van der Waals surface area contributed by atoms with Crippen LogP contribution in [0.4, 0.5) is 0 Å². The Morgan fingerprint density at radius 2 is 1.64 bits per heavy atom. The fourth-order valence-electron chi connectivity index (χ4n) is 3.75. The normalized spacial score (nSPS) is 22.5. The van der Waals surface area contributed by atoms with Crippen molar-refractivity contribution in [3.8, 4) is 0 Å². The molecular weight excluding hydrogens is 316 g/mol. The van der Waals surface area contributed by atoms with Crippen LogP contribution in [0.5, 0.6) is 0 Å². The number of rotatable bonds is 8. The molecule has 0 aromatic rings. The van der Waals surface area contributed by atoms with Crippen molar-refractivity contribution in [1.29, 1.82) is 0 Å². The number of esters is 2. The van der Waals surface area contributed by atoms with Crippen molar-refractivity contribution in [2.45, 2.75) is 105 Å². The zero-order valence-electron chi connectivity index (χ0n) is 17.1. The first kappa shape index (κ1) is 22.0. The van der Waals surface area contributed by atoms with Gasteiger partial charge in [0, 0.05) is 18.8 Å². The Morgan fingerprint density at radius 1 is 1.04 bits per heavy atom. The molecule has 0 bridgehead atoms. The molecule has 25 heavy (non-hydrogen) atoms. The molecule has 4 nitrogen and oxygen atoms in total. The van der Waals surface area contributed by atoms with Gasteiger partial charge >= 0.3 is 11.9 Å². The van der Waals surface area contributed by atoms with Gasteiger partial charge in [0.25, 0.3) is 0 Å². The van der Waals surface area contributed by atoms with E-state index in [9.17, 15) is 9.59 Å². The zero-order chi connectivity index (χ0) is 19.0. The molecule has 0 radical (unpaired) electrons. The van der Waals surface area contributed by atoms with E-state index in [1.54, 1.807) is 0 Å². The van der Waals surface area contributed by atoms with E-state index in [4.69, 9.17) is 9.47 Å². The van der Waals surface area contributed by atoms with Gasteiger partial charge in [-0.2, -0.15) is 0 Å². The molecule has 0 N–H and O–H groups in total. The molecule has 0 aromatic heterocycles. The molecule has 146 valence electrons. The number of ether oxygens (including phenoxy) is 2. The first-order chi connectivity index (χ1) is 11.6. The zero-order valence-corrected chi connectivity index (χ0v) is 17.1. The van der Waals surface area contributed by atoms with Crippen LogP contribution in [0.1, 0.15) is 92.9 Å². The monoisotopic (exact) mass is 354 g/mol. The van der Waals surface area contributed by atoms with Crippen LogP contribution < -0.4 is 0 Å². The topological polar surface area (TPSA) is 52.6 Å². The fraction of sp³-hybridized carbons (Fsp3) is 0.905. The summed E-state index contributed by atoms with van der Waals surface area (Å²) in [7, 11) is 0. The third kappa shape index (κ3) is 7.79. The van der Waals surface area contributed by atoms with Crippen molar-refractivity contribution >= 4 is 11.9 Å². The highest BCUT2D eigenvalue weighted by Crippen LogP contribution is 2.39. The summed E-state index contributed by atoms with van der Waals surface area (Å²) >= 11 is 0. The molecule has 0 heterocycles. The summed E-state index contributed by atoms with van der Waals surface area (Å²) in [6.45, 7) is 12.8. The van der Waals surface area contributed by atoms with Gasteiger partial charge in [0.1, 0.15) is 12.2 Å². The summed E-state index contributed by atoms with van der Waals surface area (Å²) in [6.07, 6.45) is 6.32. The maximum absolute atomic E-state index is 12.2. The van der Waals surface area contributed by atoms with Gasteiger partial charge in [-0.05, 0) is 43.4 Å². The Labute approximate surface area is 154 Å². The van der Waals surface area contributed by atoms with Crippen LogP contribution in [0.2, 0.25) is 0 Å². The molecule has 1 aliphatic rings. The molecule has 0 spiro atoms. The van der Waals surface area contributed by atoms with Crippen LogP contribution in [0.15, 0.2) is 0 Å². The van der Waals surface area contributed by atoms with Gasteiger partial charge in [0.2, 0.25) is 0 Å². The highest BCUT2D eigenvalue weighted by molar-refractivity contribution is 5.72. The minimum atomic E-state index is -0.210. The van der Waals surface area contributed by atoms with Gasteiger partial charge < -0.3 is 9.47 Å². The molecule has 3 atom stereocenters. The molecule has 1 saturated carbocycles. The first-order valence-electron chi connectivity index (χ1n) is 10.0. The van der Waals surface area contributed by atoms with Crippen molar-refractivity contribution in [1.82, 2.24) is 0 Å². The van der Waals surface area contributed by atoms with Gasteiger partial charge in [0.05, 0.1) is 0 Å². The molecular formula is C21H38O4. The Bertz CT molecular complexity index is 422. The molecule has 4 heteroatoms. The Hall–Kier alpha value is -1.06. The maximum Gasteiger partial charge on any atom is 0.306 e. The Balaban J connectivity index is 2.35. The van der Waals surface area contributed by atoms with Crippen molar-refractivity contribution in [2.24, 2.45) is 17.3 Å². The van der Waals surface area contributed by atoms with Crippen molar-refractivity contribution < 1.29 is 19.1 Å². The molecule has 0 aliphatic heterocycles. The van der Waals surface area contributed by atoms with Gasteiger partial charge in [0.15, 0.2) is 0 Å². The second-order valence-electron chi connectivity index (χ2n) is 8.82. The van der Waals surface area contributed by atoms with Crippen molar-refractivity contribution in [3.05, 3.63) is 0 Å². The highest BCUT2D eigenvalue weighted by Gasteiger charge is 2.36. The largest absolute Gasteiger partial charge is 0.462 e. The third-order valence-electron chi connectivity index (χ3n) is 5.29. The predicted molar refractivity (Wildman–Crippen MR) is 100 cm³/mol. The lowest BCUT2D eigenvalue weighted by Gasteiger charge is -2.39. The van der Waals surface area contributed by atoms with E-state index in [1.807, 2.05) is 6.92 Å². The number of hydrogen-bond acceptors (Lipinski definition) is 4. The van der Waals surface area contributed by atoms with E-state index >= 15 is 0 Å². The Morgan fingerprint density at radius 3 is 2.20 bits per heavy atom. The minimum Gasteiger partial charge on any atom is -0.462 e. The smallest absolute Gasteiger partial charge is 0.306 e. The van der Waals surface area contributed by atoms with Crippen LogP contribution in [0.3, 0.4) is 0 Å². The molecule has 3 unspecified atom stereocenters. The second-order valence-corrected chi connectivity index (χ2v) is 8.82. The van der Waals surface area contributed by atoms with Crippen LogP contribution in [0, 0.1) is 17.3 Å². The van der Waals surface area contributed by atoms with E-state index in [-0.39, 0.29) is 36.0 Å². The number of carbonyl (C=O) groups excluding carboxylic acids is 2. The lowest BCUT2D eigenvalue weighted by Crippen LogP contribution is -2.38. The van der Waals surface area contributed by atoms with Gasteiger partial charge in [-0.25, -0.2) is 0 Å². The summed E-state index contributed by atoms with van der Waals surface area (Å²) in [5, 5.41) is 0. The summed E-state index contributed by atoms with van der Waals surface area (Å²) in [6, 6.07) is 0. The third-order valence-corrected chi connectivity index (χ3v) is 5.29. The van der Waals surface area contributed by atoms with E-state index in [0.29, 0.717) is 24.7 Å². The molecule has 1 rings (SSSR count). The number of hydrogen-bond donors (Lipinski definition) is 0. The van der Waals surface area contributed by atoms with Crippen LogP contribution >= 0.6 is 0 Å². The van der Waals surface area contributed by atoms with E-state index < -0.39 is 0 Å². The summed E-state index contributed by atoms with van der Waals surface area (Å²) in [5.74, 6) is 0.356. The fourth-order valence-corrected chi connectivity index (χ4v) is 3.75. The van der Waals surface area contributed by atoms with E-state index in [1.165, 1.54) is 6.42 Å². The average Bonchev–Trinajstić information content (AvgIpc) is 2.51. The van der Waals surface area contributed by atoms with Crippen LogP contribution in [0.25, 0.3) is 0 Å². The maximum atomic E-state index is 12.2. The lowest BCUT2D eigenvalue weighted by atomic mass is 9.70. The standard InChI is InChI=1S/C21H38O4/c1-7-17(15(2)3)24-19(22)13-10-14-20(23)25-18-12-9-8-11-16(18)21(4,5)6/h15-18H,7-14H2,1-6H3. The highest BCUT2D eigenvalue weighted by atomic mass is 16.5. The molecule has 1 aliphatic carbocycles. The van der Waals surface area contributed by atoms with Crippen molar-refractivity contribution in [2.75, 3.05) is 0 Å². The van der Waals surface area contributed by atoms with Crippen LogP contribution in [-0.2, 0) is 19.1 Å². The quantitative estimate of drug-likeness (QED) is 0.556. The molecule has 0 aromatic carbocycles. The van der Waals surface area contributed by atoms with E-state index in [0.717, 1.165) is 25.7 Å². The SMILES string of the molecule is CCC(OC(=O)CCCC(=O)OC1CCCCC1C(C)(C)C)C(C)C. The summed E-state index contributed by atoms with van der Waals surface area (Å²) in [5.41, 5.74) is 0.154. The van der Waals surface area contributed by atoms with Gasteiger partial charge in [-0.1, -0.05) is 48.0 Å². The van der Waals surface area contributed by atoms with Gasteiger partial charge in [-0.3, -0.25) is 9.59 Å². The molecule has 0 saturated heterocycles. The average molecular weight is 355 g/mol. The lowest BCUT2D eigenvalue weighted by molar-refractivity contribution is -0.157. The van der Waals surface area contributed by atoms with Crippen molar-refractivity contribution in [3.63, 3.8) is 0 Å². The Kier molecular flexibility index (Phi) is 8.95.